The maximum absolute atomic E-state index is 13.2. The number of H-pyrrole nitrogens is 1. The Kier molecular flexibility index (Phi) is 5.24. The Hall–Kier alpha value is -3.29. The molecule has 2 heterocycles. The number of rotatable bonds is 3. The fourth-order valence-electron chi connectivity index (χ4n) is 3.74. The molecule has 0 radical (unpaired) electrons. The van der Waals surface area contributed by atoms with Gasteiger partial charge in [-0.15, -0.1) is 0 Å². The second kappa shape index (κ2) is 7.85. The van der Waals surface area contributed by atoms with Crippen LogP contribution in [0.1, 0.15) is 35.2 Å². The summed E-state index contributed by atoms with van der Waals surface area (Å²) in [6, 6.07) is 10.1. The standard InChI is InChI=1S/C22H20F3N3O2/c23-22(24,25)14-8-9-18(19(12-14)28-10-4-1-5-11-28)27-21(30)16-13-26-17-7-3-2-6-15(17)20(16)29/h2-3,6-9,12-13H,1,4-5,10-11H2,(H,26,29)(H,27,30). The number of hydrogen-bond acceptors (Lipinski definition) is 3. The second-order valence-corrected chi connectivity index (χ2v) is 7.31. The molecule has 1 aromatic heterocycles. The molecule has 3 aromatic rings. The Morgan fingerprint density at radius 1 is 1.03 bits per heavy atom. The van der Waals surface area contributed by atoms with Crippen LogP contribution in [-0.4, -0.2) is 24.0 Å². The number of hydrogen-bond donors (Lipinski definition) is 2. The van der Waals surface area contributed by atoms with Crippen molar-refractivity contribution in [2.45, 2.75) is 25.4 Å². The fourth-order valence-corrected chi connectivity index (χ4v) is 3.74. The highest BCUT2D eigenvalue weighted by molar-refractivity contribution is 6.07. The summed E-state index contributed by atoms with van der Waals surface area (Å²) in [5.41, 5.74) is -0.142. The number of para-hydroxylation sites is 1. The lowest BCUT2D eigenvalue weighted by atomic mass is 10.1. The van der Waals surface area contributed by atoms with Gasteiger partial charge in [-0.1, -0.05) is 12.1 Å². The lowest BCUT2D eigenvalue weighted by molar-refractivity contribution is -0.137. The summed E-state index contributed by atoms with van der Waals surface area (Å²) in [6.45, 7) is 1.22. The first-order valence-corrected chi connectivity index (χ1v) is 9.72. The molecule has 1 aliphatic rings. The third-order valence-electron chi connectivity index (χ3n) is 5.30. The Labute approximate surface area is 170 Å². The van der Waals surface area contributed by atoms with Crippen molar-refractivity contribution in [1.82, 2.24) is 4.98 Å². The first-order chi connectivity index (χ1) is 14.3. The quantitative estimate of drug-likeness (QED) is 0.647. The lowest BCUT2D eigenvalue weighted by Crippen LogP contribution is -2.31. The normalized spacial score (nSPS) is 14.7. The summed E-state index contributed by atoms with van der Waals surface area (Å²) < 4.78 is 39.7. The van der Waals surface area contributed by atoms with E-state index in [2.05, 4.69) is 10.3 Å². The third kappa shape index (κ3) is 3.90. The van der Waals surface area contributed by atoms with E-state index in [9.17, 15) is 22.8 Å². The largest absolute Gasteiger partial charge is 0.416 e. The van der Waals surface area contributed by atoms with E-state index in [0.717, 1.165) is 31.4 Å². The number of carbonyl (C=O) groups is 1. The van der Waals surface area contributed by atoms with E-state index < -0.39 is 23.1 Å². The molecule has 2 aromatic carbocycles. The molecule has 1 aliphatic heterocycles. The Morgan fingerprint density at radius 3 is 2.50 bits per heavy atom. The van der Waals surface area contributed by atoms with Crippen molar-refractivity contribution in [3.63, 3.8) is 0 Å². The van der Waals surface area contributed by atoms with E-state index in [4.69, 9.17) is 0 Å². The molecular formula is C22H20F3N3O2. The topological polar surface area (TPSA) is 65.2 Å². The summed E-state index contributed by atoms with van der Waals surface area (Å²) in [4.78, 5) is 30.3. The summed E-state index contributed by atoms with van der Waals surface area (Å²) in [5.74, 6) is -0.667. The minimum Gasteiger partial charge on any atom is -0.370 e. The number of piperidine rings is 1. The van der Waals surface area contributed by atoms with Crippen molar-refractivity contribution in [2.75, 3.05) is 23.3 Å². The number of nitrogens with one attached hydrogen (secondary N) is 2. The molecule has 1 saturated heterocycles. The molecule has 0 unspecified atom stereocenters. The summed E-state index contributed by atoms with van der Waals surface area (Å²) in [6.07, 6.45) is -0.404. The third-order valence-corrected chi connectivity index (χ3v) is 5.30. The number of carbonyl (C=O) groups excluding carboxylic acids is 1. The number of anilines is 2. The van der Waals surface area contributed by atoms with Gasteiger partial charge in [-0.25, -0.2) is 0 Å². The molecule has 0 aliphatic carbocycles. The number of benzene rings is 2. The predicted molar refractivity (Wildman–Crippen MR) is 110 cm³/mol. The predicted octanol–water partition coefficient (Wildman–Crippen LogP) is 4.79. The van der Waals surface area contributed by atoms with E-state index in [1.54, 1.807) is 24.3 Å². The van der Waals surface area contributed by atoms with E-state index in [1.807, 2.05) is 4.90 Å². The minimum absolute atomic E-state index is 0.0989. The number of pyridine rings is 1. The van der Waals surface area contributed by atoms with Gasteiger partial charge in [0.1, 0.15) is 5.56 Å². The first kappa shape index (κ1) is 20.0. The van der Waals surface area contributed by atoms with Gasteiger partial charge in [-0.05, 0) is 49.6 Å². The number of aromatic amines is 1. The fraction of sp³-hybridized carbons (Fsp3) is 0.273. The molecule has 30 heavy (non-hydrogen) atoms. The second-order valence-electron chi connectivity index (χ2n) is 7.31. The molecule has 5 nitrogen and oxygen atoms in total. The molecule has 1 amide bonds. The van der Waals surface area contributed by atoms with Gasteiger partial charge in [-0.2, -0.15) is 13.2 Å². The van der Waals surface area contributed by atoms with Gasteiger partial charge in [0.05, 0.1) is 16.9 Å². The molecule has 2 N–H and O–H groups in total. The van der Waals surface area contributed by atoms with Gasteiger partial charge in [0, 0.05) is 30.2 Å². The number of fused-ring (bicyclic) bond motifs is 1. The van der Waals surface area contributed by atoms with Crippen molar-refractivity contribution in [3.8, 4) is 0 Å². The molecule has 0 atom stereocenters. The van der Waals surface area contributed by atoms with Crippen LogP contribution in [0.3, 0.4) is 0 Å². The zero-order valence-electron chi connectivity index (χ0n) is 16.1. The summed E-state index contributed by atoms with van der Waals surface area (Å²) >= 11 is 0. The van der Waals surface area contributed by atoms with Crippen molar-refractivity contribution in [1.29, 1.82) is 0 Å². The van der Waals surface area contributed by atoms with Crippen LogP contribution < -0.4 is 15.6 Å². The van der Waals surface area contributed by atoms with Crippen LogP contribution in [0.25, 0.3) is 10.9 Å². The molecular weight excluding hydrogens is 395 g/mol. The highest BCUT2D eigenvalue weighted by Gasteiger charge is 2.32. The SMILES string of the molecule is O=C(Nc1ccc(C(F)(F)F)cc1N1CCCCC1)c1c[nH]c2ccccc2c1=O. The molecule has 0 spiro atoms. The van der Waals surface area contributed by atoms with Crippen LogP contribution in [0, 0.1) is 0 Å². The number of halogens is 3. The Balaban J connectivity index is 1.71. The Morgan fingerprint density at radius 2 is 1.77 bits per heavy atom. The smallest absolute Gasteiger partial charge is 0.370 e. The number of aromatic nitrogens is 1. The average Bonchev–Trinajstić information content (AvgIpc) is 2.74. The summed E-state index contributed by atoms with van der Waals surface area (Å²) in [7, 11) is 0. The molecule has 1 fully saturated rings. The average molecular weight is 415 g/mol. The summed E-state index contributed by atoms with van der Waals surface area (Å²) in [5, 5.41) is 3.01. The van der Waals surface area contributed by atoms with Crippen LogP contribution >= 0.6 is 0 Å². The zero-order chi connectivity index (χ0) is 21.3. The van der Waals surface area contributed by atoms with Crippen molar-refractivity contribution < 1.29 is 18.0 Å². The lowest BCUT2D eigenvalue weighted by Gasteiger charge is -2.31. The number of amides is 1. The highest BCUT2D eigenvalue weighted by atomic mass is 19.4. The van der Waals surface area contributed by atoms with Gasteiger partial charge in [-0.3, -0.25) is 9.59 Å². The van der Waals surface area contributed by atoms with Crippen LogP contribution in [-0.2, 0) is 6.18 Å². The Bertz CT molecular complexity index is 1150. The maximum Gasteiger partial charge on any atom is 0.416 e. The van der Waals surface area contributed by atoms with Crippen LogP contribution in [0.15, 0.2) is 53.5 Å². The van der Waals surface area contributed by atoms with Crippen LogP contribution in [0.5, 0.6) is 0 Å². The van der Waals surface area contributed by atoms with Crippen LogP contribution in [0.4, 0.5) is 24.5 Å². The van der Waals surface area contributed by atoms with Crippen molar-refractivity contribution in [3.05, 3.63) is 70.0 Å². The van der Waals surface area contributed by atoms with E-state index in [0.29, 0.717) is 29.7 Å². The first-order valence-electron chi connectivity index (χ1n) is 9.72. The van der Waals surface area contributed by atoms with Crippen molar-refractivity contribution >= 4 is 28.2 Å². The van der Waals surface area contributed by atoms with Gasteiger partial charge in [0.15, 0.2) is 0 Å². The maximum atomic E-state index is 13.2. The molecule has 0 bridgehead atoms. The van der Waals surface area contributed by atoms with Gasteiger partial charge in [0.2, 0.25) is 5.43 Å². The molecule has 4 rings (SSSR count). The molecule has 8 heteroatoms. The van der Waals surface area contributed by atoms with Gasteiger partial charge >= 0.3 is 6.18 Å². The highest BCUT2D eigenvalue weighted by Crippen LogP contribution is 2.36. The molecule has 0 saturated carbocycles. The van der Waals surface area contributed by atoms with Crippen LogP contribution in [0.2, 0.25) is 0 Å². The van der Waals surface area contributed by atoms with E-state index in [1.165, 1.54) is 12.3 Å². The number of alkyl halides is 3. The van der Waals surface area contributed by atoms with Gasteiger partial charge in [0.25, 0.3) is 5.91 Å². The van der Waals surface area contributed by atoms with E-state index in [-0.39, 0.29) is 11.3 Å². The van der Waals surface area contributed by atoms with E-state index >= 15 is 0 Å². The monoisotopic (exact) mass is 415 g/mol. The zero-order valence-corrected chi connectivity index (χ0v) is 16.1. The van der Waals surface area contributed by atoms with Crippen molar-refractivity contribution in [2.24, 2.45) is 0 Å². The molecule has 156 valence electrons. The minimum atomic E-state index is -4.48. The van der Waals surface area contributed by atoms with Gasteiger partial charge < -0.3 is 15.2 Å². The number of nitrogens with zero attached hydrogens (tertiary/aromatic N) is 1.